The Morgan fingerprint density at radius 2 is 2.00 bits per heavy atom. The van der Waals surface area contributed by atoms with Crippen molar-refractivity contribution in [2.24, 2.45) is 5.16 Å². The Labute approximate surface area is 142 Å². The first-order valence-corrected chi connectivity index (χ1v) is 8.57. The lowest BCUT2D eigenvalue weighted by atomic mass is 9.84. The van der Waals surface area contributed by atoms with Crippen molar-refractivity contribution in [1.82, 2.24) is 9.80 Å². The lowest BCUT2D eigenvalue weighted by Crippen LogP contribution is -2.49. The second-order valence-electron chi connectivity index (χ2n) is 6.72. The smallest absolute Gasteiger partial charge is 0.320 e. The van der Waals surface area contributed by atoms with Gasteiger partial charge in [0.15, 0.2) is 0 Å². The van der Waals surface area contributed by atoms with Crippen LogP contribution in [0.5, 0.6) is 0 Å². The molecule has 3 aliphatic rings. The molecule has 1 aromatic rings. The number of oxime groups is 1. The first-order valence-electron chi connectivity index (χ1n) is 8.57. The molecule has 0 atom stereocenters. The van der Waals surface area contributed by atoms with Gasteiger partial charge in [0, 0.05) is 26.1 Å². The zero-order valence-electron chi connectivity index (χ0n) is 14.0. The molecule has 0 aromatic heterocycles. The highest BCUT2D eigenvalue weighted by Crippen LogP contribution is 2.44. The number of ether oxygens (including phenoxy) is 1. The van der Waals surface area contributed by atoms with Crippen molar-refractivity contribution in [3.05, 3.63) is 35.4 Å². The minimum atomic E-state index is -0.193. The van der Waals surface area contributed by atoms with Gasteiger partial charge in [-0.15, -0.1) is 0 Å². The van der Waals surface area contributed by atoms with E-state index < -0.39 is 0 Å². The number of rotatable bonds is 1. The van der Waals surface area contributed by atoms with Gasteiger partial charge in [0.25, 0.3) is 0 Å². The van der Waals surface area contributed by atoms with Crippen LogP contribution in [0.4, 0.5) is 4.79 Å². The molecule has 3 heterocycles. The van der Waals surface area contributed by atoms with Crippen molar-refractivity contribution in [2.45, 2.75) is 31.5 Å². The first-order chi connectivity index (χ1) is 11.7. The van der Waals surface area contributed by atoms with Crippen molar-refractivity contribution in [3.63, 3.8) is 0 Å². The molecule has 2 amide bonds. The number of amides is 2. The maximum atomic E-state index is 12.7. The normalized spacial score (nSPS) is 23.8. The van der Waals surface area contributed by atoms with E-state index >= 15 is 0 Å². The Bertz CT molecular complexity index is 665. The number of fused-ring (bicyclic) bond motifs is 2. The third-order valence-electron chi connectivity index (χ3n) is 5.39. The van der Waals surface area contributed by atoms with E-state index in [0.29, 0.717) is 13.2 Å². The molecule has 0 saturated carbocycles. The number of benzene rings is 1. The average molecular weight is 329 g/mol. The fraction of sp³-hybridized carbons (Fsp3) is 0.556. The molecule has 6 nitrogen and oxygen atoms in total. The van der Waals surface area contributed by atoms with Gasteiger partial charge in [-0.2, -0.15) is 0 Å². The summed E-state index contributed by atoms with van der Waals surface area (Å²) < 4.78 is 6.17. The maximum Gasteiger partial charge on any atom is 0.320 e. The molecule has 24 heavy (non-hydrogen) atoms. The summed E-state index contributed by atoms with van der Waals surface area (Å²) in [5.41, 5.74) is 3.35. The summed E-state index contributed by atoms with van der Waals surface area (Å²) in [6.07, 6.45) is 2.53. The van der Waals surface area contributed by atoms with E-state index in [-0.39, 0.29) is 11.6 Å². The number of nitrogens with zero attached hydrogens (tertiary/aromatic N) is 3. The van der Waals surface area contributed by atoms with E-state index in [1.165, 1.54) is 11.1 Å². The molecule has 0 bridgehead atoms. The van der Waals surface area contributed by atoms with E-state index in [0.717, 1.165) is 44.6 Å². The van der Waals surface area contributed by atoms with Crippen molar-refractivity contribution in [1.29, 1.82) is 0 Å². The summed E-state index contributed by atoms with van der Waals surface area (Å²) in [6.45, 7) is 3.46. The van der Waals surface area contributed by atoms with E-state index in [4.69, 9.17) is 9.57 Å². The summed E-state index contributed by atoms with van der Waals surface area (Å²) >= 11 is 0. The third kappa shape index (κ3) is 2.55. The molecule has 6 heteroatoms. The molecule has 1 aromatic carbocycles. The lowest BCUT2D eigenvalue weighted by Gasteiger charge is -2.40. The van der Waals surface area contributed by atoms with E-state index in [2.05, 4.69) is 29.4 Å². The SMILES string of the molecule is CO/N=C1\CCN(C(=O)N2CCC3(CC2)OCc2ccccc23)C1. The number of likely N-dealkylation sites (tertiary alicyclic amines) is 2. The monoisotopic (exact) mass is 329 g/mol. The Kier molecular flexibility index (Phi) is 3.92. The lowest BCUT2D eigenvalue weighted by molar-refractivity contribution is -0.0739. The molecular formula is C18H23N3O3. The molecule has 2 fully saturated rings. The second-order valence-corrected chi connectivity index (χ2v) is 6.72. The maximum absolute atomic E-state index is 12.7. The van der Waals surface area contributed by atoms with Crippen molar-refractivity contribution in [2.75, 3.05) is 33.3 Å². The third-order valence-corrected chi connectivity index (χ3v) is 5.39. The number of carbonyl (C=O) groups excluding carboxylic acids is 1. The highest BCUT2D eigenvalue weighted by Gasteiger charge is 2.43. The molecule has 0 radical (unpaired) electrons. The minimum absolute atomic E-state index is 0.109. The van der Waals surface area contributed by atoms with E-state index in [1.54, 1.807) is 7.11 Å². The predicted octanol–water partition coefficient (Wildman–Crippen LogP) is 2.34. The molecule has 128 valence electrons. The standard InChI is InChI=1S/C18H23N3O3/c1-23-19-15-6-9-21(12-15)17(22)20-10-7-18(8-11-20)16-5-3-2-4-14(16)13-24-18/h2-5H,6-13H2,1H3/b19-15+. The fourth-order valence-corrected chi connectivity index (χ4v) is 4.07. The van der Waals surface area contributed by atoms with Gasteiger partial charge in [-0.25, -0.2) is 4.79 Å². The van der Waals surface area contributed by atoms with Crippen LogP contribution in [0.2, 0.25) is 0 Å². The Balaban J connectivity index is 1.40. The minimum Gasteiger partial charge on any atom is -0.399 e. The second kappa shape index (κ2) is 6.09. The molecule has 0 N–H and O–H groups in total. The van der Waals surface area contributed by atoms with Crippen LogP contribution in [0, 0.1) is 0 Å². The number of urea groups is 1. The topological polar surface area (TPSA) is 54.4 Å². The number of carbonyl (C=O) groups is 1. The summed E-state index contributed by atoms with van der Waals surface area (Å²) in [5, 5.41) is 3.97. The number of hydrogen-bond acceptors (Lipinski definition) is 4. The van der Waals surface area contributed by atoms with Gasteiger partial charge >= 0.3 is 6.03 Å². The van der Waals surface area contributed by atoms with E-state index in [1.807, 2.05) is 9.80 Å². The molecule has 3 aliphatic heterocycles. The van der Waals surface area contributed by atoms with Crippen molar-refractivity contribution in [3.8, 4) is 0 Å². The highest BCUT2D eigenvalue weighted by molar-refractivity contribution is 5.92. The van der Waals surface area contributed by atoms with Crippen molar-refractivity contribution >= 4 is 11.7 Å². The van der Waals surface area contributed by atoms with Gasteiger partial charge in [-0.3, -0.25) is 0 Å². The first kappa shape index (κ1) is 15.4. The van der Waals surface area contributed by atoms with Crippen LogP contribution >= 0.6 is 0 Å². The van der Waals surface area contributed by atoms with Gasteiger partial charge in [-0.1, -0.05) is 29.4 Å². The zero-order valence-corrected chi connectivity index (χ0v) is 14.0. The highest BCUT2D eigenvalue weighted by atomic mass is 16.6. The van der Waals surface area contributed by atoms with Gasteiger partial charge in [0.05, 0.1) is 24.5 Å². The van der Waals surface area contributed by atoms with Crippen LogP contribution in [0.1, 0.15) is 30.4 Å². The van der Waals surface area contributed by atoms with Crippen LogP contribution in [-0.2, 0) is 21.8 Å². The zero-order chi connectivity index (χ0) is 16.6. The van der Waals surface area contributed by atoms with Gasteiger partial charge in [0.2, 0.25) is 0 Å². The van der Waals surface area contributed by atoms with Crippen LogP contribution in [-0.4, -0.2) is 54.8 Å². The predicted molar refractivity (Wildman–Crippen MR) is 89.7 cm³/mol. The number of piperidine rings is 1. The van der Waals surface area contributed by atoms with Gasteiger partial charge in [-0.05, 0) is 24.0 Å². The van der Waals surface area contributed by atoms with Gasteiger partial charge in [0.1, 0.15) is 7.11 Å². The molecule has 4 rings (SSSR count). The summed E-state index contributed by atoms with van der Waals surface area (Å²) in [7, 11) is 1.54. The van der Waals surface area contributed by atoms with Gasteiger partial charge < -0.3 is 19.4 Å². The largest absolute Gasteiger partial charge is 0.399 e. The Morgan fingerprint density at radius 1 is 1.21 bits per heavy atom. The van der Waals surface area contributed by atoms with Crippen LogP contribution < -0.4 is 0 Å². The Morgan fingerprint density at radius 3 is 2.79 bits per heavy atom. The molecular weight excluding hydrogens is 306 g/mol. The van der Waals surface area contributed by atoms with Crippen LogP contribution in [0.25, 0.3) is 0 Å². The Hall–Kier alpha value is -2.08. The average Bonchev–Trinajstić information content (AvgIpc) is 3.22. The van der Waals surface area contributed by atoms with Crippen molar-refractivity contribution < 1.29 is 14.4 Å². The molecule has 1 spiro atoms. The van der Waals surface area contributed by atoms with E-state index in [9.17, 15) is 4.79 Å². The molecule has 0 aliphatic carbocycles. The number of hydrogen-bond donors (Lipinski definition) is 0. The molecule has 0 unspecified atom stereocenters. The molecule has 2 saturated heterocycles. The van der Waals surface area contributed by atoms with Crippen LogP contribution in [0.15, 0.2) is 29.4 Å². The fourth-order valence-electron chi connectivity index (χ4n) is 4.07. The summed E-state index contributed by atoms with van der Waals surface area (Å²) in [6, 6.07) is 8.56. The summed E-state index contributed by atoms with van der Waals surface area (Å²) in [5.74, 6) is 0. The quantitative estimate of drug-likeness (QED) is 0.743. The summed E-state index contributed by atoms with van der Waals surface area (Å²) in [4.78, 5) is 21.3. The van der Waals surface area contributed by atoms with Crippen LogP contribution in [0.3, 0.4) is 0 Å².